The van der Waals surface area contributed by atoms with Crippen molar-refractivity contribution >= 4 is 91.0 Å². The average molecular weight is 623 g/mol. The molecule has 1 fully saturated rings. The van der Waals surface area contributed by atoms with Gasteiger partial charge in [0, 0.05) is 23.0 Å². The van der Waals surface area contributed by atoms with Crippen molar-refractivity contribution in [1.82, 2.24) is 20.2 Å². The number of β-lactam (4-membered cyclic amide) rings is 1. The van der Waals surface area contributed by atoms with Crippen LogP contribution in [0.5, 0.6) is 0 Å². The molecule has 208 valence electrons. The number of rotatable bonds is 10. The van der Waals surface area contributed by atoms with Gasteiger partial charge in [0.2, 0.25) is 6.61 Å². The lowest BCUT2D eigenvalue weighted by Crippen LogP contribution is -2.71. The van der Waals surface area contributed by atoms with E-state index in [0.717, 1.165) is 25.9 Å². The second-order valence-corrected chi connectivity index (χ2v) is 12.7. The Morgan fingerprint density at radius 3 is 2.85 bits per heavy atom. The van der Waals surface area contributed by atoms with Crippen LogP contribution in [-0.2, 0) is 31.1 Å². The van der Waals surface area contributed by atoms with Crippen molar-refractivity contribution in [2.75, 3.05) is 23.8 Å². The number of thioether (sulfide) groups is 2. The van der Waals surface area contributed by atoms with Crippen LogP contribution < -0.4 is 15.6 Å². The summed E-state index contributed by atoms with van der Waals surface area (Å²) in [7, 11) is 1.92. The number of nitrogens with zero attached hydrogens (tertiary/aromatic N) is 5. The van der Waals surface area contributed by atoms with Gasteiger partial charge in [-0.15, -0.1) is 34.4 Å². The highest BCUT2D eigenvalue weighted by molar-refractivity contribution is 8.02. The summed E-state index contributed by atoms with van der Waals surface area (Å²) in [5.41, 5.74) is 6.64. The van der Waals surface area contributed by atoms with E-state index in [0.29, 0.717) is 17.1 Å². The van der Waals surface area contributed by atoms with Gasteiger partial charge in [-0.2, -0.15) is 0 Å². The smallest absolute Gasteiger partial charge is 0.352 e. The molecule has 1 unspecified atom stereocenters. The molecule has 0 radical (unpaired) electrons. The zero-order valence-electron chi connectivity index (χ0n) is 20.5. The molecule has 14 nitrogen and oxygen atoms in total. The SMILES string of the molecule is C[n+]1ccc2nc(SCC3=C(C(=O)O)N4C(=O)C(NC(=O)/C(=N\OCC(=O)O)c5csc(N)n5)[C@@H]4SC3)sc2c1. The van der Waals surface area contributed by atoms with E-state index in [-0.39, 0.29) is 22.2 Å². The lowest BCUT2D eigenvalue weighted by atomic mass is 10.0. The highest BCUT2D eigenvalue weighted by atomic mass is 32.2. The van der Waals surface area contributed by atoms with Crippen LogP contribution in [0.4, 0.5) is 5.13 Å². The maximum atomic E-state index is 13.1. The Balaban J connectivity index is 1.30. The number of nitrogen functional groups attached to an aromatic ring is 1. The fourth-order valence-corrected chi connectivity index (χ4v) is 8.09. The van der Waals surface area contributed by atoms with Crippen LogP contribution >= 0.6 is 46.2 Å². The molecular formula is C22H20N7O7S4+. The fraction of sp³-hybridized carbons (Fsp3) is 0.273. The first kappa shape index (κ1) is 27.8. The van der Waals surface area contributed by atoms with Gasteiger partial charge in [0.05, 0.1) is 5.52 Å². The Morgan fingerprint density at radius 1 is 1.35 bits per heavy atom. The number of oxime groups is 1. The Labute approximate surface area is 241 Å². The third kappa shape index (κ3) is 5.60. The lowest BCUT2D eigenvalue weighted by Gasteiger charge is -2.49. The van der Waals surface area contributed by atoms with Gasteiger partial charge in [0.15, 0.2) is 27.6 Å². The minimum atomic E-state index is -1.30. The number of amides is 2. The molecule has 5 rings (SSSR count). The Kier molecular flexibility index (Phi) is 7.92. The fourth-order valence-electron chi connectivity index (χ4n) is 3.92. The third-order valence-electron chi connectivity index (χ3n) is 5.68. The van der Waals surface area contributed by atoms with E-state index in [9.17, 15) is 24.3 Å². The zero-order chi connectivity index (χ0) is 28.6. The number of carboxylic acids is 2. The minimum Gasteiger partial charge on any atom is -0.479 e. The molecule has 0 aromatic carbocycles. The summed E-state index contributed by atoms with van der Waals surface area (Å²) in [6.07, 6.45) is 3.86. The molecule has 1 saturated heterocycles. The summed E-state index contributed by atoms with van der Waals surface area (Å²) < 4.78 is 3.71. The molecule has 0 saturated carbocycles. The number of nitrogens with two attached hydrogens (primary N) is 1. The molecule has 0 aliphatic carbocycles. The zero-order valence-corrected chi connectivity index (χ0v) is 23.7. The molecule has 18 heteroatoms. The number of nitrogens with one attached hydrogen (secondary N) is 1. The topological polar surface area (TPSA) is 201 Å². The summed E-state index contributed by atoms with van der Waals surface area (Å²) >= 11 is 5.26. The molecule has 40 heavy (non-hydrogen) atoms. The van der Waals surface area contributed by atoms with Crippen molar-refractivity contribution in [1.29, 1.82) is 0 Å². The monoisotopic (exact) mass is 622 g/mol. The molecule has 5 heterocycles. The number of aryl methyl sites for hydroxylation is 1. The number of hydrogen-bond acceptors (Lipinski definition) is 13. The number of thiazole rings is 2. The number of carboxylic acid groups (broad SMARTS) is 2. The molecule has 3 aromatic heterocycles. The number of aliphatic carboxylic acids is 2. The number of carbonyl (C=O) groups is 4. The second kappa shape index (κ2) is 11.4. The minimum absolute atomic E-state index is 0.0411. The summed E-state index contributed by atoms with van der Waals surface area (Å²) in [4.78, 5) is 63.5. The number of fused-ring (bicyclic) bond motifs is 2. The van der Waals surface area contributed by atoms with E-state index in [1.165, 1.54) is 45.1 Å². The number of carbonyl (C=O) groups excluding carboxylic acids is 2. The first-order chi connectivity index (χ1) is 19.1. The Morgan fingerprint density at radius 2 is 2.15 bits per heavy atom. The molecule has 5 N–H and O–H groups in total. The highest BCUT2D eigenvalue weighted by Gasteiger charge is 2.54. The van der Waals surface area contributed by atoms with Crippen LogP contribution in [0.1, 0.15) is 5.69 Å². The average Bonchev–Trinajstić information content (AvgIpc) is 3.52. The largest absolute Gasteiger partial charge is 0.479 e. The van der Waals surface area contributed by atoms with Crippen molar-refractivity contribution in [2.24, 2.45) is 12.2 Å². The quantitative estimate of drug-likeness (QED) is 0.0803. The number of anilines is 1. The van der Waals surface area contributed by atoms with Crippen LogP contribution in [-0.4, -0.2) is 84.1 Å². The molecule has 3 aromatic rings. The van der Waals surface area contributed by atoms with E-state index >= 15 is 0 Å². The highest BCUT2D eigenvalue weighted by Crippen LogP contribution is 2.42. The number of pyridine rings is 1. The van der Waals surface area contributed by atoms with Crippen molar-refractivity contribution < 1.29 is 38.8 Å². The first-order valence-electron chi connectivity index (χ1n) is 11.3. The normalized spacial score (nSPS) is 18.9. The molecule has 2 atom stereocenters. The van der Waals surface area contributed by atoms with Crippen molar-refractivity contribution in [3.8, 4) is 0 Å². The van der Waals surface area contributed by atoms with Crippen LogP contribution in [0.2, 0.25) is 0 Å². The maximum absolute atomic E-state index is 13.1. The second-order valence-electron chi connectivity index (χ2n) is 8.42. The van der Waals surface area contributed by atoms with Crippen molar-refractivity contribution in [3.63, 3.8) is 0 Å². The van der Waals surface area contributed by atoms with E-state index < -0.39 is 41.8 Å². The third-order valence-corrected chi connectivity index (χ3v) is 9.93. The van der Waals surface area contributed by atoms with E-state index in [1.54, 1.807) is 0 Å². The summed E-state index contributed by atoms with van der Waals surface area (Å²) in [6.45, 7) is -0.797. The predicted molar refractivity (Wildman–Crippen MR) is 148 cm³/mol. The molecule has 0 spiro atoms. The number of aromatic nitrogens is 3. The Bertz CT molecular complexity index is 1600. The van der Waals surface area contributed by atoms with Gasteiger partial charge in [-0.3, -0.25) is 14.5 Å². The van der Waals surface area contributed by atoms with Crippen LogP contribution in [0, 0.1) is 0 Å². The van der Waals surface area contributed by atoms with Gasteiger partial charge in [0.25, 0.3) is 11.8 Å². The van der Waals surface area contributed by atoms with Crippen molar-refractivity contribution in [2.45, 2.75) is 15.8 Å². The maximum Gasteiger partial charge on any atom is 0.352 e. The predicted octanol–water partition coefficient (Wildman–Crippen LogP) is 0.496. The van der Waals surface area contributed by atoms with Gasteiger partial charge in [-0.25, -0.2) is 24.1 Å². The van der Waals surface area contributed by atoms with E-state index in [2.05, 4.69) is 20.4 Å². The first-order valence-corrected chi connectivity index (χ1v) is 15.1. The van der Waals surface area contributed by atoms with Crippen LogP contribution in [0.15, 0.2) is 44.6 Å². The molecule has 2 amide bonds. The van der Waals surface area contributed by atoms with E-state index in [1.807, 2.05) is 30.1 Å². The van der Waals surface area contributed by atoms with Crippen LogP contribution in [0.3, 0.4) is 0 Å². The standard InChI is InChI=1S/C22H19N7O7S4/c1-28-3-2-10-12(4-28)40-22(25-10)39-7-9-6-37-19-15(18(33)29(19)16(9)20(34)35)26-17(32)14(27-36-5-13(30)31)11-8-38-21(23)24-11/h2-4,8,15,19H,5-7H2,1H3,(H4-,23,24,26,30,31,32,34,35)/p+1/b27-14-/t15?,19-/m0/s1. The molecule has 2 aliphatic rings. The summed E-state index contributed by atoms with van der Waals surface area (Å²) in [5, 5.41) is 25.8. The van der Waals surface area contributed by atoms with Gasteiger partial charge >= 0.3 is 11.9 Å². The van der Waals surface area contributed by atoms with Gasteiger partial charge in [0.1, 0.15) is 34.6 Å². The van der Waals surface area contributed by atoms with E-state index in [4.69, 9.17) is 15.7 Å². The number of hydrogen-bond donors (Lipinski definition) is 4. The lowest BCUT2D eigenvalue weighted by molar-refractivity contribution is -0.670. The molecule has 0 bridgehead atoms. The summed E-state index contributed by atoms with van der Waals surface area (Å²) in [5.74, 6) is -3.32. The summed E-state index contributed by atoms with van der Waals surface area (Å²) in [6, 6.07) is 0.871. The van der Waals surface area contributed by atoms with Gasteiger partial charge in [-0.1, -0.05) is 16.9 Å². The molecular weight excluding hydrogens is 603 g/mol. The van der Waals surface area contributed by atoms with Gasteiger partial charge < -0.3 is 26.1 Å². The van der Waals surface area contributed by atoms with Crippen LogP contribution in [0.25, 0.3) is 10.2 Å². The van der Waals surface area contributed by atoms with Gasteiger partial charge in [-0.05, 0) is 5.57 Å². The molecule has 2 aliphatic heterocycles. The van der Waals surface area contributed by atoms with Crippen molar-refractivity contribution in [3.05, 3.63) is 40.8 Å². The Hall–Kier alpha value is -3.74.